The quantitative estimate of drug-likeness (QED) is 0.815. The van der Waals surface area contributed by atoms with Gasteiger partial charge in [0, 0.05) is 18.0 Å². The second-order valence-electron chi connectivity index (χ2n) is 2.54. The van der Waals surface area contributed by atoms with E-state index in [1.165, 1.54) is 12.4 Å². The first kappa shape index (κ1) is 10.7. The summed E-state index contributed by atoms with van der Waals surface area (Å²) < 4.78 is 0. The predicted octanol–water partition coefficient (Wildman–Crippen LogP) is 1.64. The van der Waals surface area contributed by atoms with Gasteiger partial charge in [0.2, 0.25) is 0 Å². The average Bonchev–Trinajstić information content (AvgIpc) is 2.11. The van der Waals surface area contributed by atoms with Crippen molar-refractivity contribution < 1.29 is 5.11 Å². The highest BCUT2D eigenvalue weighted by Crippen LogP contribution is 2.28. The molecule has 1 unspecified atom stereocenters. The van der Waals surface area contributed by atoms with E-state index in [9.17, 15) is 0 Å². The molecule has 0 aliphatic carbocycles. The minimum Gasteiger partial charge on any atom is -0.394 e. The van der Waals surface area contributed by atoms with E-state index in [2.05, 4.69) is 10.3 Å². The number of nitrogens with zero attached hydrogens (tertiary/aromatic N) is 1. The second-order valence-corrected chi connectivity index (χ2v) is 3.36. The topological polar surface area (TPSA) is 45.1 Å². The number of aliphatic hydroxyl groups excluding tert-OH is 1. The third-order valence-electron chi connectivity index (χ3n) is 1.77. The van der Waals surface area contributed by atoms with Gasteiger partial charge in [-0.3, -0.25) is 4.98 Å². The third-order valence-corrected chi connectivity index (χ3v) is 2.37. The lowest BCUT2D eigenvalue weighted by atomic mass is 10.1. The van der Waals surface area contributed by atoms with Gasteiger partial charge in [-0.2, -0.15) is 0 Å². The summed E-state index contributed by atoms with van der Waals surface area (Å²) in [6.07, 6.45) is 3.01. The summed E-state index contributed by atoms with van der Waals surface area (Å²) in [4.78, 5) is 3.82. The van der Waals surface area contributed by atoms with Crippen LogP contribution in [0.25, 0.3) is 0 Å². The van der Waals surface area contributed by atoms with Gasteiger partial charge in [0.05, 0.1) is 22.7 Å². The third kappa shape index (κ3) is 2.31. The standard InChI is InChI=1S/C8H10Cl2N2O/c1-11-7(4-13)8-5(9)2-12-3-6(8)10/h2-3,7,11,13H,4H2,1H3. The Kier molecular flexibility index (Phi) is 3.93. The number of hydrogen-bond donors (Lipinski definition) is 2. The van der Waals surface area contributed by atoms with Gasteiger partial charge in [0.15, 0.2) is 0 Å². The van der Waals surface area contributed by atoms with Crippen LogP contribution in [-0.2, 0) is 0 Å². The zero-order chi connectivity index (χ0) is 9.84. The van der Waals surface area contributed by atoms with Crippen LogP contribution in [0.5, 0.6) is 0 Å². The van der Waals surface area contributed by atoms with Crippen LogP contribution >= 0.6 is 23.2 Å². The average molecular weight is 221 g/mol. The molecule has 0 radical (unpaired) electrons. The molecule has 0 aliphatic rings. The molecule has 2 N–H and O–H groups in total. The molecular weight excluding hydrogens is 211 g/mol. The van der Waals surface area contributed by atoms with Crippen LogP contribution < -0.4 is 5.32 Å². The maximum absolute atomic E-state index is 9.03. The van der Waals surface area contributed by atoms with Crippen LogP contribution in [0, 0.1) is 0 Å². The number of likely N-dealkylation sites (N-methyl/N-ethyl adjacent to an activating group) is 1. The summed E-state index contributed by atoms with van der Waals surface area (Å²) in [6, 6.07) is -0.247. The molecular formula is C8H10Cl2N2O. The van der Waals surface area contributed by atoms with E-state index < -0.39 is 0 Å². The van der Waals surface area contributed by atoms with Crippen molar-refractivity contribution in [3.8, 4) is 0 Å². The first-order chi connectivity index (χ1) is 6.20. The highest BCUT2D eigenvalue weighted by molar-refractivity contribution is 6.35. The summed E-state index contributed by atoms with van der Waals surface area (Å²) in [5, 5.41) is 12.8. The molecule has 1 rings (SSSR count). The number of nitrogens with one attached hydrogen (secondary N) is 1. The van der Waals surface area contributed by atoms with Crippen LogP contribution in [-0.4, -0.2) is 23.7 Å². The van der Waals surface area contributed by atoms with Crippen molar-refractivity contribution in [1.82, 2.24) is 10.3 Å². The lowest BCUT2D eigenvalue weighted by molar-refractivity contribution is 0.251. The van der Waals surface area contributed by atoms with E-state index in [4.69, 9.17) is 28.3 Å². The molecule has 13 heavy (non-hydrogen) atoms. The molecule has 1 aromatic rings. The Balaban J connectivity index is 3.10. The molecule has 1 atom stereocenters. The molecule has 0 spiro atoms. The minimum absolute atomic E-state index is 0.0556. The molecule has 0 amide bonds. The van der Waals surface area contributed by atoms with Crippen molar-refractivity contribution in [3.63, 3.8) is 0 Å². The van der Waals surface area contributed by atoms with Gasteiger partial charge in [0.1, 0.15) is 0 Å². The Hall–Kier alpha value is -0.350. The number of rotatable bonds is 3. The first-order valence-corrected chi connectivity index (χ1v) is 4.53. The fourth-order valence-electron chi connectivity index (χ4n) is 1.08. The molecule has 0 fully saturated rings. The Morgan fingerprint density at radius 3 is 2.38 bits per heavy atom. The van der Waals surface area contributed by atoms with Crippen LogP contribution in [0.1, 0.15) is 11.6 Å². The summed E-state index contributed by atoms with van der Waals surface area (Å²) >= 11 is 11.8. The van der Waals surface area contributed by atoms with Crippen molar-refractivity contribution in [3.05, 3.63) is 28.0 Å². The van der Waals surface area contributed by atoms with Gasteiger partial charge >= 0.3 is 0 Å². The summed E-state index contributed by atoms with van der Waals surface area (Å²) in [6.45, 7) is -0.0556. The van der Waals surface area contributed by atoms with Gasteiger partial charge in [-0.25, -0.2) is 0 Å². The van der Waals surface area contributed by atoms with E-state index in [-0.39, 0.29) is 12.6 Å². The molecule has 5 heteroatoms. The van der Waals surface area contributed by atoms with Crippen molar-refractivity contribution in [2.45, 2.75) is 6.04 Å². The largest absolute Gasteiger partial charge is 0.394 e. The van der Waals surface area contributed by atoms with Crippen molar-refractivity contribution >= 4 is 23.2 Å². The Morgan fingerprint density at radius 2 is 2.00 bits per heavy atom. The fraction of sp³-hybridized carbons (Fsp3) is 0.375. The van der Waals surface area contributed by atoms with Crippen molar-refractivity contribution in [2.75, 3.05) is 13.7 Å². The molecule has 0 bridgehead atoms. The molecule has 0 aliphatic heterocycles. The molecule has 3 nitrogen and oxygen atoms in total. The second kappa shape index (κ2) is 4.77. The molecule has 0 saturated carbocycles. The van der Waals surface area contributed by atoms with Crippen LogP contribution in [0.2, 0.25) is 10.0 Å². The lowest BCUT2D eigenvalue weighted by Gasteiger charge is -2.15. The Bertz CT molecular complexity index is 269. The maximum Gasteiger partial charge on any atom is 0.0652 e. The highest BCUT2D eigenvalue weighted by atomic mass is 35.5. The zero-order valence-corrected chi connectivity index (χ0v) is 8.60. The fourth-order valence-corrected chi connectivity index (χ4v) is 1.71. The number of pyridine rings is 1. The maximum atomic E-state index is 9.03. The number of halogens is 2. The monoisotopic (exact) mass is 220 g/mol. The Labute approximate surface area is 86.7 Å². The molecule has 0 aromatic carbocycles. The van der Waals surface area contributed by atoms with Crippen LogP contribution in [0.3, 0.4) is 0 Å². The number of hydrogen-bond acceptors (Lipinski definition) is 3. The highest BCUT2D eigenvalue weighted by Gasteiger charge is 2.15. The van der Waals surface area contributed by atoms with Crippen molar-refractivity contribution in [2.24, 2.45) is 0 Å². The normalized spacial score (nSPS) is 12.9. The van der Waals surface area contributed by atoms with Gasteiger partial charge in [-0.05, 0) is 7.05 Å². The molecule has 1 heterocycles. The van der Waals surface area contributed by atoms with E-state index >= 15 is 0 Å². The van der Waals surface area contributed by atoms with E-state index in [0.29, 0.717) is 15.6 Å². The van der Waals surface area contributed by atoms with E-state index in [0.717, 1.165) is 0 Å². The zero-order valence-electron chi connectivity index (χ0n) is 7.09. The van der Waals surface area contributed by atoms with Gasteiger partial charge in [0.25, 0.3) is 0 Å². The van der Waals surface area contributed by atoms with Gasteiger partial charge in [-0.15, -0.1) is 0 Å². The number of aromatic nitrogens is 1. The van der Waals surface area contributed by atoms with Crippen LogP contribution in [0.4, 0.5) is 0 Å². The van der Waals surface area contributed by atoms with E-state index in [1.807, 2.05) is 0 Å². The molecule has 0 saturated heterocycles. The lowest BCUT2D eigenvalue weighted by Crippen LogP contribution is -2.20. The van der Waals surface area contributed by atoms with Gasteiger partial charge in [-0.1, -0.05) is 23.2 Å². The van der Waals surface area contributed by atoms with E-state index in [1.54, 1.807) is 7.05 Å². The van der Waals surface area contributed by atoms with Crippen molar-refractivity contribution in [1.29, 1.82) is 0 Å². The predicted molar refractivity (Wildman–Crippen MR) is 53.1 cm³/mol. The Morgan fingerprint density at radius 1 is 1.46 bits per heavy atom. The smallest absolute Gasteiger partial charge is 0.0652 e. The SMILES string of the molecule is CNC(CO)c1c(Cl)cncc1Cl. The van der Waals surface area contributed by atoms with Crippen LogP contribution in [0.15, 0.2) is 12.4 Å². The summed E-state index contributed by atoms with van der Waals surface area (Å²) in [5.41, 5.74) is 0.684. The number of aliphatic hydroxyl groups is 1. The molecule has 72 valence electrons. The first-order valence-electron chi connectivity index (χ1n) is 3.77. The molecule has 1 aromatic heterocycles. The summed E-state index contributed by atoms with van der Waals surface area (Å²) in [7, 11) is 1.73. The summed E-state index contributed by atoms with van der Waals surface area (Å²) in [5.74, 6) is 0. The minimum atomic E-state index is -0.247. The van der Waals surface area contributed by atoms with Gasteiger partial charge < -0.3 is 10.4 Å².